The first kappa shape index (κ1) is 19.1. The Hall–Kier alpha value is -1.18. The summed E-state index contributed by atoms with van der Waals surface area (Å²) in [5, 5.41) is 7.33. The number of carbonyl (C=O) groups excluding carboxylic acids is 1. The Labute approximate surface area is 148 Å². The Morgan fingerprint density at radius 2 is 2.33 bits per heavy atom. The van der Waals surface area contributed by atoms with Crippen LogP contribution >= 0.6 is 12.4 Å². The monoisotopic (exact) mass is 358 g/mol. The zero-order chi connectivity index (χ0) is 16.4. The molecule has 7 nitrogen and oxygen atoms in total. The third-order valence-corrected chi connectivity index (χ3v) is 5.38. The molecular formula is C16H27ClN4O3. The molecule has 1 aliphatic heterocycles. The van der Waals surface area contributed by atoms with Crippen LogP contribution in [0.2, 0.25) is 0 Å². The minimum Gasteiger partial charge on any atom is -0.374 e. The molecule has 0 aromatic carbocycles. The molecule has 2 heterocycles. The average molecular weight is 359 g/mol. The fourth-order valence-corrected chi connectivity index (χ4v) is 3.93. The molecule has 1 saturated carbocycles. The van der Waals surface area contributed by atoms with E-state index in [1.807, 2.05) is 14.0 Å². The number of rotatable bonds is 5. The van der Waals surface area contributed by atoms with E-state index in [1.54, 1.807) is 12.0 Å². The molecule has 24 heavy (non-hydrogen) atoms. The van der Waals surface area contributed by atoms with Gasteiger partial charge in [0.15, 0.2) is 5.82 Å². The van der Waals surface area contributed by atoms with Crippen LogP contribution in [0, 0.1) is 11.3 Å². The lowest BCUT2D eigenvalue weighted by Crippen LogP contribution is -2.48. The number of nitrogens with one attached hydrogen (secondary N) is 1. The zero-order valence-electron chi connectivity index (χ0n) is 14.6. The molecule has 0 bridgehead atoms. The van der Waals surface area contributed by atoms with Crippen molar-refractivity contribution in [3.63, 3.8) is 0 Å². The molecule has 1 unspecified atom stereocenters. The molecule has 8 heteroatoms. The van der Waals surface area contributed by atoms with Gasteiger partial charge in [-0.15, -0.1) is 12.4 Å². The van der Waals surface area contributed by atoms with Crippen molar-refractivity contribution in [3.8, 4) is 0 Å². The maximum atomic E-state index is 13.1. The summed E-state index contributed by atoms with van der Waals surface area (Å²) in [7, 11) is 3.43. The number of ether oxygens (including phenoxy) is 1. The molecule has 1 aliphatic carbocycles. The fraction of sp³-hybridized carbons (Fsp3) is 0.812. The first-order valence-electron chi connectivity index (χ1n) is 8.38. The van der Waals surface area contributed by atoms with Crippen LogP contribution in [-0.4, -0.2) is 48.2 Å². The Morgan fingerprint density at radius 3 is 3.08 bits per heavy atom. The van der Waals surface area contributed by atoms with Gasteiger partial charge in [-0.1, -0.05) is 18.0 Å². The van der Waals surface area contributed by atoms with Crippen LogP contribution in [0.4, 0.5) is 0 Å². The lowest BCUT2D eigenvalue weighted by molar-refractivity contribution is -0.144. The summed E-state index contributed by atoms with van der Waals surface area (Å²) in [6.07, 6.45) is 4.27. The molecule has 2 fully saturated rings. The third-order valence-electron chi connectivity index (χ3n) is 5.38. The van der Waals surface area contributed by atoms with Crippen molar-refractivity contribution in [2.75, 3.05) is 27.2 Å². The molecule has 2 aliphatic rings. The number of fused-ring (bicyclic) bond motifs is 1. The number of hydrogen-bond acceptors (Lipinski definition) is 6. The Bertz CT molecular complexity index is 567. The van der Waals surface area contributed by atoms with Gasteiger partial charge in [0.05, 0.1) is 12.0 Å². The highest BCUT2D eigenvalue weighted by atomic mass is 35.5. The van der Waals surface area contributed by atoms with E-state index >= 15 is 0 Å². The fourth-order valence-electron chi connectivity index (χ4n) is 3.93. The number of methoxy groups -OCH3 is 1. The molecule has 3 atom stereocenters. The largest absolute Gasteiger partial charge is 0.374 e. The SMILES string of the molecule is COC(C)c1noc(CN(C)C(=O)[C@@]23CCCC[C@H]2CNC3)n1.Cl. The first-order valence-corrected chi connectivity index (χ1v) is 8.38. The van der Waals surface area contributed by atoms with E-state index in [0.717, 1.165) is 32.4 Å². The van der Waals surface area contributed by atoms with E-state index in [2.05, 4.69) is 15.5 Å². The number of hydrogen-bond donors (Lipinski definition) is 1. The molecule has 1 N–H and O–H groups in total. The summed E-state index contributed by atoms with van der Waals surface area (Å²) < 4.78 is 10.4. The van der Waals surface area contributed by atoms with Crippen LogP contribution in [-0.2, 0) is 16.1 Å². The summed E-state index contributed by atoms with van der Waals surface area (Å²) in [4.78, 5) is 19.1. The van der Waals surface area contributed by atoms with Gasteiger partial charge in [-0.3, -0.25) is 4.79 Å². The zero-order valence-corrected chi connectivity index (χ0v) is 15.4. The lowest BCUT2D eigenvalue weighted by Gasteiger charge is -2.39. The average Bonchev–Trinajstić information content (AvgIpc) is 3.20. The van der Waals surface area contributed by atoms with Gasteiger partial charge in [-0.05, 0) is 32.2 Å². The van der Waals surface area contributed by atoms with Gasteiger partial charge in [0.25, 0.3) is 0 Å². The van der Waals surface area contributed by atoms with Gasteiger partial charge in [-0.2, -0.15) is 4.98 Å². The van der Waals surface area contributed by atoms with Crippen molar-refractivity contribution in [1.29, 1.82) is 0 Å². The van der Waals surface area contributed by atoms with Gasteiger partial charge in [0.2, 0.25) is 11.8 Å². The molecular weight excluding hydrogens is 332 g/mol. The van der Waals surface area contributed by atoms with Gasteiger partial charge in [-0.25, -0.2) is 0 Å². The van der Waals surface area contributed by atoms with Gasteiger partial charge in [0, 0.05) is 20.7 Å². The Morgan fingerprint density at radius 1 is 1.54 bits per heavy atom. The van der Waals surface area contributed by atoms with Gasteiger partial charge >= 0.3 is 0 Å². The Balaban J connectivity index is 0.00000208. The van der Waals surface area contributed by atoms with Gasteiger partial charge < -0.3 is 19.5 Å². The highest BCUT2D eigenvalue weighted by Gasteiger charge is 2.50. The standard InChI is InChI=1S/C16H26N4O3.ClH/c1-11(22-3)14-18-13(23-19-14)9-20(2)15(21)16-7-5-4-6-12(16)8-17-10-16;/h11-12,17H,4-10H2,1-3H3;1H/t11?,12-,16+;/m0./s1. The second kappa shape index (κ2) is 7.80. The number of carbonyl (C=O) groups is 1. The number of aromatic nitrogens is 2. The third kappa shape index (κ3) is 3.43. The lowest BCUT2D eigenvalue weighted by atomic mass is 9.67. The van der Waals surface area contributed by atoms with Crippen LogP contribution in [0.5, 0.6) is 0 Å². The number of halogens is 1. The summed E-state index contributed by atoms with van der Waals surface area (Å²) in [5.74, 6) is 1.62. The maximum absolute atomic E-state index is 13.1. The van der Waals surface area contributed by atoms with E-state index in [4.69, 9.17) is 9.26 Å². The summed E-state index contributed by atoms with van der Waals surface area (Å²) >= 11 is 0. The number of nitrogens with zero attached hydrogens (tertiary/aromatic N) is 3. The number of amides is 1. The van der Waals surface area contributed by atoms with E-state index in [1.165, 1.54) is 6.42 Å². The minimum atomic E-state index is -0.240. The molecule has 1 aromatic rings. The summed E-state index contributed by atoms with van der Waals surface area (Å²) in [6.45, 7) is 3.95. The molecule has 1 amide bonds. The predicted molar refractivity (Wildman–Crippen MR) is 90.7 cm³/mol. The van der Waals surface area contributed by atoms with Crippen molar-refractivity contribution in [2.45, 2.75) is 45.3 Å². The van der Waals surface area contributed by atoms with E-state index < -0.39 is 0 Å². The van der Waals surface area contributed by atoms with Crippen molar-refractivity contribution < 1.29 is 14.1 Å². The quantitative estimate of drug-likeness (QED) is 0.866. The molecule has 1 aromatic heterocycles. The summed E-state index contributed by atoms with van der Waals surface area (Å²) in [5.41, 5.74) is -0.240. The summed E-state index contributed by atoms with van der Waals surface area (Å²) in [6, 6.07) is 0. The van der Waals surface area contributed by atoms with E-state index in [-0.39, 0.29) is 29.8 Å². The maximum Gasteiger partial charge on any atom is 0.246 e. The normalized spacial score (nSPS) is 27.2. The smallest absolute Gasteiger partial charge is 0.246 e. The minimum absolute atomic E-state index is 0. The highest BCUT2D eigenvalue weighted by molar-refractivity contribution is 5.85. The van der Waals surface area contributed by atoms with Crippen molar-refractivity contribution in [1.82, 2.24) is 20.4 Å². The second-order valence-corrected chi connectivity index (χ2v) is 6.82. The highest BCUT2D eigenvalue weighted by Crippen LogP contribution is 2.45. The second-order valence-electron chi connectivity index (χ2n) is 6.82. The molecule has 0 radical (unpaired) electrons. The van der Waals surface area contributed by atoms with Crippen LogP contribution in [0.15, 0.2) is 4.52 Å². The predicted octanol–water partition coefficient (Wildman–Crippen LogP) is 1.94. The van der Waals surface area contributed by atoms with Crippen molar-refractivity contribution in [3.05, 3.63) is 11.7 Å². The van der Waals surface area contributed by atoms with E-state index in [0.29, 0.717) is 24.2 Å². The molecule has 3 rings (SSSR count). The topological polar surface area (TPSA) is 80.5 Å². The van der Waals surface area contributed by atoms with Crippen LogP contribution in [0.3, 0.4) is 0 Å². The van der Waals surface area contributed by atoms with Crippen molar-refractivity contribution in [2.24, 2.45) is 11.3 Å². The first-order chi connectivity index (χ1) is 11.1. The molecule has 1 saturated heterocycles. The van der Waals surface area contributed by atoms with Crippen molar-refractivity contribution >= 4 is 18.3 Å². The van der Waals surface area contributed by atoms with E-state index in [9.17, 15) is 4.79 Å². The van der Waals surface area contributed by atoms with Crippen LogP contribution in [0.25, 0.3) is 0 Å². The molecule has 0 spiro atoms. The molecule has 136 valence electrons. The van der Waals surface area contributed by atoms with Crippen LogP contribution < -0.4 is 5.32 Å². The van der Waals surface area contributed by atoms with Gasteiger partial charge in [0.1, 0.15) is 6.10 Å². The van der Waals surface area contributed by atoms with Crippen LogP contribution in [0.1, 0.15) is 50.4 Å². The Kier molecular flexibility index (Phi) is 6.22.